The van der Waals surface area contributed by atoms with Crippen LogP contribution in [0, 0.1) is 11.7 Å². The van der Waals surface area contributed by atoms with Gasteiger partial charge in [0.1, 0.15) is 11.9 Å². The normalized spacial score (nSPS) is 24.1. The summed E-state index contributed by atoms with van der Waals surface area (Å²) in [6.45, 7) is 7.96. The highest BCUT2D eigenvalue weighted by Gasteiger charge is 2.45. The average molecular weight is 515 g/mol. The molecule has 5 rings (SSSR count). The number of fused-ring (bicyclic) bond motifs is 1. The van der Waals surface area contributed by atoms with Gasteiger partial charge in [-0.3, -0.25) is 34.3 Å². The number of anilines is 1. The third kappa shape index (κ3) is 5.25. The summed E-state index contributed by atoms with van der Waals surface area (Å²) < 4.78 is 15.1. The molecule has 3 saturated heterocycles. The molecule has 0 radical (unpaired) electrons. The van der Waals surface area contributed by atoms with Crippen LogP contribution in [0.25, 0.3) is 0 Å². The minimum absolute atomic E-state index is 0.0348. The predicted molar refractivity (Wildman–Crippen MR) is 135 cm³/mol. The molecule has 0 bridgehead atoms. The molecule has 1 unspecified atom stereocenters. The molecular formula is C26H35FN6O4. The van der Waals surface area contributed by atoms with Gasteiger partial charge in [-0.05, 0) is 69.9 Å². The number of nitrogens with one attached hydrogen (secondary N) is 1. The van der Waals surface area contributed by atoms with Crippen LogP contribution in [0.4, 0.5) is 10.1 Å². The van der Waals surface area contributed by atoms with Gasteiger partial charge in [0.2, 0.25) is 11.8 Å². The van der Waals surface area contributed by atoms with Crippen molar-refractivity contribution in [2.24, 2.45) is 11.7 Å². The molecule has 1 aromatic rings. The zero-order chi connectivity index (χ0) is 26.1. The van der Waals surface area contributed by atoms with Crippen LogP contribution in [-0.2, 0) is 9.59 Å². The fourth-order valence-corrected chi connectivity index (χ4v) is 5.97. The monoisotopic (exact) mass is 514 g/mol. The molecule has 3 fully saturated rings. The summed E-state index contributed by atoms with van der Waals surface area (Å²) in [7, 11) is 0. The number of likely N-dealkylation sites (tertiary alicyclic amines) is 1. The van der Waals surface area contributed by atoms with Crippen LogP contribution in [0.15, 0.2) is 12.1 Å². The number of rotatable bonds is 7. The molecule has 1 aromatic carbocycles. The molecule has 1 atom stereocenters. The van der Waals surface area contributed by atoms with Crippen LogP contribution >= 0.6 is 0 Å². The third-order valence-corrected chi connectivity index (χ3v) is 8.12. The number of hydrogen-bond donors (Lipinski definition) is 2. The Kier molecular flexibility index (Phi) is 7.55. The zero-order valence-electron chi connectivity index (χ0n) is 21.1. The highest BCUT2D eigenvalue weighted by atomic mass is 19.1. The lowest BCUT2D eigenvalue weighted by Gasteiger charge is -2.39. The quantitative estimate of drug-likeness (QED) is 0.503. The van der Waals surface area contributed by atoms with Crippen molar-refractivity contribution in [3.8, 4) is 0 Å². The number of hydrogen-bond acceptors (Lipinski definition) is 8. The number of imide groups is 2. The first-order valence-corrected chi connectivity index (χ1v) is 13.3. The van der Waals surface area contributed by atoms with Crippen molar-refractivity contribution in [2.45, 2.75) is 38.1 Å². The first kappa shape index (κ1) is 25.7. The Morgan fingerprint density at radius 1 is 0.892 bits per heavy atom. The van der Waals surface area contributed by atoms with E-state index in [0.717, 1.165) is 63.2 Å². The maximum atomic E-state index is 15.1. The summed E-state index contributed by atoms with van der Waals surface area (Å²) in [4.78, 5) is 57.5. The molecule has 0 saturated carbocycles. The van der Waals surface area contributed by atoms with E-state index in [9.17, 15) is 19.2 Å². The van der Waals surface area contributed by atoms with E-state index in [0.29, 0.717) is 24.7 Å². The van der Waals surface area contributed by atoms with Crippen LogP contribution in [0.3, 0.4) is 0 Å². The molecule has 4 heterocycles. The highest BCUT2D eigenvalue weighted by molar-refractivity contribution is 6.23. The van der Waals surface area contributed by atoms with Crippen molar-refractivity contribution < 1.29 is 23.6 Å². The Balaban J connectivity index is 1.19. The Morgan fingerprint density at radius 3 is 2.22 bits per heavy atom. The lowest BCUT2D eigenvalue weighted by Crippen LogP contribution is -2.54. The van der Waals surface area contributed by atoms with Crippen LogP contribution in [-0.4, -0.2) is 103 Å². The average Bonchev–Trinajstić information content (AvgIpc) is 3.12. The van der Waals surface area contributed by atoms with Crippen molar-refractivity contribution >= 4 is 29.3 Å². The smallest absolute Gasteiger partial charge is 0.262 e. The second kappa shape index (κ2) is 10.8. The van der Waals surface area contributed by atoms with E-state index in [1.54, 1.807) is 0 Å². The minimum atomic E-state index is -1.06. The van der Waals surface area contributed by atoms with Gasteiger partial charge in [-0.1, -0.05) is 0 Å². The lowest BCUT2D eigenvalue weighted by molar-refractivity contribution is -0.136. The number of nitrogens with two attached hydrogens (primary N) is 1. The summed E-state index contributed by atoms with van der Waals surface area (Å²) >= 11 is 0. The molecule has 0 aliphatic carbocycles. The number of amides is 4. The fourth-order valence-electron chi connectivity index (χ4n) is 5.97. The van der Waals surface area contributed by atoms with Crippen molar-refractivity contribution in [1.82, 2.24) is 20.0 Å². The second-order valence-electron chi connectivity index (χ2n) is 10.5. The van der Waals surface area contributed by atoms with Gasteiger partial charge in [-0.25, -0.2) is 4.39 Å². The summed E-state index contributed by atoms with van der Waals surface area (Å²) in [6, 6.07) is 1.50. The standard InChI is InChI=1S/C26H35FN6O4/c27-20-14-18-19(26(37)33(25(18)36)21-2-3-23(34)29-24(21)35)15-22(20)32-12-10-31(11-13-32)16-17-4-8-30(9-5-17)7-1-6-28/h14-15,17,21H,1-13,16,28H2,(H,29,34,35). The number of nitrogens with zero attached hydrogens (tertiary/aromatic N) is 4. The van der Waals surface area contributed by atoms with Crippen molar-refractivity contribution in [1.29, 1.82) is 0 Å². The van der Waals surface area contributed by atoms with E-state index >= 15 is 4.39 Å². The number of benzene rings is 1. The number of carbonyl (C=O) groups excluding carboxylic acids is 4. The Bertz CT molecular complexity index is 1080. The molecule has 4 aliphatic heterocycles. The fraction of sp³-hybridized carbons (Fsp3) is 0.615. The zero-order valence-corrected chi connectivity index (χ0v) is 21.1. The predicted octanol–water partition coefficient (Wildman–Crippen LogP) is 0.410. The summed E-state index contributed by atoms with van der Waals surface area (Å²) in [5, 5.41) is 2.17. The van der Waals surface area contributed by atoms with E-state index in [1.165, 1.54) is 18.9 Å². The Morgan fingerprint density at radius 2 is 1.57 bits per heavy atom. The molecule has 4 amide bonds. The van der Waals surface area contributed by atoms with Gasteiger partial charge >= 0.3 is 0 Å². The molecule has 3 N–H and O–H groups in total. The maximum absolute atomic E-state index is 15.1. The summed E-state index contributed by atoms with van der Waals surface area (Å²) in [6.07, 6.45) is 3.52. The molecule has 0 aromatic heterocycles. The van der Waals surface area contributed by atoms with Gasteiger partial charge in [0, 0.05) is 39.1 Å². The first-order chi connectivity index (χ1) is 17.9. The van der Waals surface area contributed by atoms with Crippen molar-refractivity contribution in [3.05, 3.63) is 29.1 Å². The van der Waals surface area contributed by atoms with Crippen molar-refractivity contribution in [2.75, 3.05) is 63.8 Å². The second-order valence-corrected chi connectivity index (χ2v) is 10.5. The largest absolute Gasteiger partial charge is 0.367 e. The van der Waals surface area contributed by atoms with E-state index in [-0.39, 0.29) is 24.0 Å². The topological polar surface area (TPSA) is 119 Å². The molecule has 4 aliphatic rings. The Hall–Kier alpha value is -2.89. The first-order valence-electron chi connectivity index (χ1n) is 13.3. The number of carbonyl (C=O) groups is 4. The van der Waals surface area contributed by atoms with E-state index < -0.39 is 35.5 Å². The third-order valence-electron chi connectivity index (χ3n) is 8.12. The Labute approximate surface area is 215 Å². The van der Waals surface area contributed by atoms with Crippen LogP contribution in [0.2, 0.25) is 0 Å². The van der Waals surface area contributed by atoms with Gasteiger partial charge in [0.25, 0.3) is 11.8 Å². The van der Waals surface area contributed by atoms with Gasteiger partial charge in [-0.15, -0.1) is 0 Å². The number of piperazine rings is 1. The summed E-state index contributed by atoms with van der Waals surface area (Å²) in [5.74, 6) is -2.31. The molecule has 200 valence electrons. The van der Waals surface area contributed by atoms with Gasteiger partial charge in [0.15, 0.2) is 0 Å². The summed E-state index contributed by atoms with van der Waals surface area (Å²) in [5.41, 5.74) is 6.00. The van der Waals surface area contributed by atoms with Crippen LogP contribution in [0.1, 0.15) is 52.8 Å². The van der Waals surface area contributed by atoms with Crippen LogP contribution < -0.4 is 16.0 Å². The van der Waals surface area contributed by atoms with E-state index in [2.05, 4.69) is 15.1 Å². The lowest BCUT2D eigenvalue weighted by atomic mass is 9.95. The highest BCUT2D eigenvalue weighted by Crippen LogP contribution is 2.33. The van der Waals surface area contributed by atoms with Crippen LogP contribution in [0.5, 0.6) is 0 Å². The molecule has 37 heavy (non-hydrogen) atoms. The SMILES string of the molecule is NCCCN1CCC(CN2CCN(c3cc4c(cc3F)C(=O)N(C3CCC(=O)NC3=O)C4=O)CC2)CC1. The van der Waals surface area contributed by atoms with E-state index in [4.69, 9.17) is 5.73 Å². The minimum Gasteiger partial charge on any atom is -0.367 e. The van der Waals surface area contributed by atoms with Gasteiger partial charge in [-0.2, -0.15) is 0 Å². The van der Waals surface area contributed by atoms with Gasteiger partial charge < -0.3 is 15.5 Å². The molecule has 0 spiro atoms. The van der Waals surface area contributed by atoms with Crippen molar-refractivity contribution in [3.63, 3.8) is 0 Å². The molecule has 10 nitrogen and oxygen atoms in total. The van der Waals surface area contributed by atoms with Gasteiger partial charge in [0.05, 0.1) is 16.8 Å². The molecular weight excluding hydrogens is 479 g/mol. The molecule has 11 heteroatoms. The number of piperidine rings is 2. The maximum Gasteiger partial charge on any atom is 0.262 e. The number of halogens is 1. The van der Waals surface area contributed by atoms with E-state index in [1.807, 2.05) is 4.90 Å².